The minimum absolute atomic E-state index is 0.0731. The van der Waals surface area contributed by atoms with Crippen molar-refractivity contribution in [1.82, 2.24) is 10.6 Å². The van der Waals surface area contributed by atoms with Gasteiger partial charge in [-0.25, -0.2) is 4.79 Å². The van der Waals surface area contributed by atoms with Gasteiger partial charge >= 0.3 is 5.97 Å². The first-order chi connectivity index (χ1) is 22.5. The Bertz CT molecular complexity index is 1680. The molecule has 0 aliphatic carbocycles. The Kier molecular flexibility index (Phi) is 11.3. The highest BCUT2D eigenvalue weighted by Crippen LogP contribution is 2.16. The maximum Gasteiger partial charge on any atom is 0.329 e. The lowest BCUT2D eigenvalue weighted by Gasteiger charge is -2.22. The van der Waals surface area contributed by atoms with Crippen LogP contribution in [0.1, 0.15) is 37.4 Å². The van der Waals surface area contributed by atoms with E-state index < -0.39 is 18.1 Å². The SMILES string of the molecule is O=C(N[C@H](COC(=O)[C@H](Cc1ccc(OCc2ccccc2)cc1)NC(=O)c1ccccc1)Cc1ccccc1)c1ccccc1. The van der Waals surface area contributed by atoms with Crippen molar-refractivity contribution in [1.29, 1.82) is 0 Å². The Morgan fingerprint density at radius 3 is 1.57 bits per heavy atom. The summed E-state index contributed by atoms with van der Waals surface area (Å²) in [6.07, 6.45) is 0.661. The van der Waals surface area contributed by atoms with Crippen LogP contribution in [0.25, 0.3) is 0 Å². The first-order valence-electron chi connectivity index (χ1n) is 15.2. The number of hydrogen-bond donors (Lipinski definition) is 2. The molecule has 5 aromatic rings. The van der Waals surface area contributed by atoms with Crippen molar-refractivity contribution in [2.24, 2.45) is 0 Å². The first-order valence-corrected chi connectivity index (χ1v) is 15.2. The Labute approximate surface area is 269 Å². The van der Waals surface area contributed by atoms with E-state index in [4.69, 9.17) is 9.47 Å². The van der Waals surface area contributed by atoms with Crippen molar-refractivity contribution in [2.75, 3.05) is 6.61 Å². The lowest BCUT2D eigenvalue weighted by atomic mass is 10.0. The number of hydrogen-bond acceptors (Lipinski definition) is 5. The van der Waals surface area contributed by atoms with E-state index in [0.717, 1.165) is 16.7 Å². The zero-order chi connectivity index (χ0) is 32.0. The smallest absolute Gasteiger partial charge is 0.329 e. The molecule has 5 aromatic carbocycles. The van der Waals surface area contributed by atoms with Crippen molar-refractivity contribution >= 4 is 17.8 Å². The standard InChI is InChI=1S/C39H36N2O5/c42-37(32-17-9-3-10-18-32)40-34(25-29-13-5-1-6-14-29)28-46-39(44)36(41-38(43)33-19-11-4-12-20-33)26-30-21-23-35(24-22-30)45-27-31-15-7-2-8-16-31/h1-24,34,36H,25-28H2,(H,40,42)(H,41,43)/t34-,36-/m0/s1. The number of rotatable bonds is 14. The molecule has 0 heterocycles. The van der Waals surface area contributed by atoms with Crippen molar-refractivity contribution in [3.05, 3.63) is 173 Å². The molecule has 232 valence electrons. The van der Waals surface area contributed by atoms with Gasteiger partial charge in [0.1, 0.15) is 25.0 Å². The normalized spacial score (nSPS) is 11.9. The molecule has 0 aromatic heterocycles. The fraction of sp³-hybridized carbons (Fsp3) is 0.154. The summed E-state index contributed by atoms with van der Waals surface area (Å²) < 4.78 is 11.7. The average Bonchev–Trinajstić information content (AvgIpc) is 3.11. The van der Waals surface area contributed by atoms with Gasteiger partial charge in [0.15, 0.2) is 0 Å². The minimum Gasteiger partial charge on any atom is -0.489 e. The Hall–Kier alpha value is -5.69. The van der Waals surface area contributed by atoms with Crippen LogP contribution in [-0.2, 0) is 29.0 Å². The zero-order valence-corrected chi connectivity index (χ0v) is 25.4. The monoisotopic (exact) mass is 612 g/mol. The molecule has 0 radical (unpaired) electrons. The second kappa shape index (κ2) is 16.4. The molecule has 5 rings (SSSR count). The quantitative estimate of drug-likeness (QED) is 0.146. The van der Waals surface area contributed by atoms with Gasteiger partial charge in [0, 0.05) is 17.5 Å². The maximum atomic E-state index is 13.6. The number of amides is 2. The van der Waals surface area contributed by atoms with Crippen LogP contribution in [0.3, 0.4) is 0 Å². The highest BCUT2D eigenvalue weighted by Gasteiger charge is 2.25. The molecule has 0 saturated carbocycles. The number of ether oxygens (including phenoxy) is 2. The van der Waals surface area contributed by atoms with E-state index >= 15 is 0 Å². The lowest BCUT2D eigenvalue weighted by Crippen LogP contribution is -2.46. The molecule has 2 atom stereocenters. The highest BCUT2D eigenvalue weighted by atomic mass is 16.5. The van der Waals surface area contributed by atoms with E-state index in [1.54, 1.807) is 48.5 Å². The Morgan fingerprint density at radius 1 is 0.522 bits per heavy atom. The van der Waals surface area contributed by atoms with Crippen LogP contribution in [0.5, 0.6) is 5.75 Å². The van der Waals surface area contributed by atoms with E-state index in [2.05, 4.69) is 10.6 Å². The van der Waals surface area contributed by atoms with Gasteiger partial charge in [-0.3, -0.25) is 9.59 Å². The second-order valence-electron chi connectivity index (χ2n) is 10.9. The second-order valence-corrected chi connectivity index (χ2v) is 10.9. The number of carbonyl (C=O) groups is 3. The summed E-state index contributed by atoms with van der Waals surface area (Å²) in [7, 11) is 0. The van der Waals surface area contributed by atoms with Crippen molar-refractivity contribution in [3.8, 4) is 5.75 Å². The van der Waals surface area contributed by atoms with Gasteiger partial charge in [-0.1, -0.05) is 109 Å². The third-order valence-electron chi connectivity index (χ3n) is 7.36. The van der Waals surface area contributed by atoms with E-state index in [1.165, 1.54) is 0 Å². The summed E-state index contributed by atoms with van der Waals surface area (Å²) in [4.78, 5) is 39.7. The molecule has 0 bridgehead atoms. The van der Waals surface area contributed by atoms with Crippen LogP contribution >= 0.6 is 0 Å². The van der Waals surface area contributed by atoms with Crippen LogP contribution in [0.15, 0.2) is 146 Å². The van der Waals surface area contributed by atoms with Gasteiger partial charge in [-0.2, -0.15) is 0 Å². The van der Waals surface area contributed by atoms with Crippen LogP contribution in [0, 0.1) is 0 Å². The molecule has 2 amide bonds. The molecule has 0 aliphatic rings. The van der Waals surface area contributed by atoms with Crippen molar-refractivity contribution < 1.29 is 23.9 Å². The van der Waals surface area contributed by atoms with Gasteiger partial charge in [0.05, 0.1) is 6.04 Å². The van der Waals surface area contributed by atoms with E-state index in [1.807, 2.05) is 97.1 Å². The minimum atomic E-state index is -0.967. The molecule has 2 N–H and O–H groups in total. The molecule has 0 fully saturated rings. The third-order valence-corrected chi connectivity index (χ3v) is 7.36. The first kappa shape index (κ1) is 31.7. The number of nitrogens with one attached hydrogen (secondary N) is 2. The molecule has 7 nitrogen and oxygen atoms in total. The molecule has 0 aliphatic heterocycles. The number of esters is 1. The molecular weight excluding hydrogens is 576 g/mol. The van der Waals surface area contributed by atoms with Gasteiger partial charge in [0.25, 0.3) is 11.8 Å². The summed E-state index contributed by atoms with van der Waals surface area (Å²) in [5.41, 5.74) is 3.81. The third kappa shape index (κ3) is 9.66. The molecular formula is C39H36N2O5. The maximum absolute atomic E-state index is 13.6. The molecule has 7 heteroatoms. The predicted octanol–water partition coefficient (Wildman–Crippen LogP) is 6.19. The molecule has 0 spiro atoms. The number of benzene rings is 5. The van der Waals surface area contributed by atoms with Crippen molar-refractivity contribution in [3.63, 3.8) is 0 Å². The summed E-state index contributed by atoms with van der Waals surface area (Å²) in [5, 5.41) is 5.86. The van der Waals surface area contributed by atoms with E-state index in [-0.39, 0.29) is 24.8 Å². The van der Waals surface area contributed by atoms with E-state index in [9.17, 15) is 14.4 Å². The van der Waals surface area contributed by atoms with Crippen LogP contribution in [-0.4, -0.2) is 36.5 Å². The van der Waals surface area contributed by atoms with Crippen LogP contribution < -0.4 is 15.4 Å². The summed E-state index contributed by atoms with van der Waals surface area (Å²) >= 11 is 0. The van der Waals surface area contributed by atoms with Gasteiger partial charge in [-0.05, 0) is 59.5 Å². The molecule has 0 unspecified atom stereocenters. The largest absolute Gasteiger partial charge is 0.489 e. The fourth-order valence-corrected chi connectivity index (χ4v) is 4.91. The summed E-state index contributed by atoms with van der Waals surface area (Å²) in [6, 6.07) is 43.1. The number of carbonyl (C=O) groups excluding carboxylic acids is 3. The van der Waals surface area contributed by atoms with Gasteiger partial charge < -0.3 is 20.1 Å². The zero-order valence-electron chi connectivity index (χ0n) is 25.4. The van der Waals surface area contributed by atoms with Crippen LogP contribution in [0.2, 0.25) is 0 Å². The van der Waals surface area contributed by atoms with E-state index in [0.29, 0.717) is 29.9 Å². The Balaban J connectivity index is 1.27. The highest BCUT2D eigenvalue weighted by molar-refractivity contribution is 5.97. The summed E-state index contributed by atoms with van der Waals surface area (Å²) in [5.74, 6) is -0.552. The van der Waals surface area contributed by atoms with Gasteiger partial charge in [-0.15, -0.1) is 0 Å². The predicted molar refractivity (Wildman–Crippen MR) is 177 cm³/mol. The molecule has 0 saturated heterocycles. The molecule has 46 heavy (non-hydrogen) atoms. The van der Waals surface area contributed by atoms with Crippen LogP contribution in [0.4, 0.5) is 0 Å². The fourth-order valence-electron chi connectivity index (χ4n) is 4.91. The van der Waals surface area contributed by atoms with Crippen molar-refractivity contribution in [2.45, 2.75) is 31.5 Å². The average molecular weight is 613 g/mol. The topological polar surface area (TPSA) is 93.7 Å². The lowest BCUT2D eigenvalue weighted by molar-refractivity contribution is -0.146. The Morgan fingerprint density at radius 2 is 1.00 bits per heavy atom. The summed E-state index contributed by atoms with van der Waals surface area (Å²) in [6.45, 7) is 0.365. The van der Waals surface area contributed by atoms with Gasteiger partial charge in [0.2, 0.25) is 0 Å².